The summed E-state index contributed by atoms with van der Waals surface area (Å²) in [6.07, 6.45) is 1.52. The summed E-state index contributed by atoms with van der Waals surface area (Å²) in [7, 11) is 2.16. The molecule has 1 saturated heterocycles. The zero-order valence-electron chi connectivity index (χ0n) is 10.1. The molecule has 2 heterocycles. The third-order valence-electron chi connectivity index (χ3n) is 3.31. The van der Waals surface area contributed by atoms with Crippen LogP contribution in [0.3, 0.4) is 0 Å². The van der Waals surface area contributed by atoms with Crippen molar-refractivity contribution in [3.05, 3.63) is 12.4 Å². The fraction of sp³-hybridized carbons (Fsp3) is 0.636. The minimum atomic E-state index is 0.165. The van der Waals surface area contributed by atoms with Gasteiger partial charge in [0.15, 0.2) is 0 Å². The lowest BCUT2D eigenvalue weighted by atomic mass is 10.00. The van der Waals surface area contributed by atoms with E-state index in [1.807, 2.05) is 6.07 Å². The van der Waals surface area contributed by atoms with Gasteiger partial charge in [-0.25, -0.2) is 9.97 Å². The Bertz CT molecular complexity index is 376. The second kappa shape index (κ2) is 3.90. The molecule has 0 spiro atoms. The van der Waals surface area contributed by atoms with Gasteiger partial charge in [-0.2, -0.15) is 0 Å². The third kappa shape index (κ3) is 2.09. The van der Waals surface area contributed by atoms with Crippen molar-refractivity contribution in [2.45, 2.75) is 19.4 Å². The van der Waals surface area contributed by atoms with Crippen molar-refractivity contribution in [3.63, 3.8) is 0 Å². The normalized spacial score (nSPS) is 21.1. The first-order valence-corrected chi connectivity index (χ1v) is 5.53. The van der Waals surface area contributed by atoms with Crippen LogP contribution in [0.5, 0.6) is 0 Å². The predicted molar refractivity (Wildman–Crippen MR) is 65.4 cm³/mol. The molecule has 2 N–H and O–H groups in total. The molecule has 1 fully saturated rings. The van der Waals surface area contributed by atoms with E-state index in [4.69, 9.17) is 5.73 Å². The molecule has 0 aliphatic carbocycles. The van der Waals surface area contributed by atoms with E-state index >= 15 is 0 Å². The number of likely N-dealkylation sites (N-methyl/N-ethyl adjacent to an activating group) is 1. The van der Waals surface area contributed by atoms with E-state index in [2.05, 4.69) is 40.7 Å². The molecule has 5 nitrogen and oxygen atoms in total. The maximum atomic E-state index is 5.67. The zero-order valence-corrected chi connectivity index (χ0v) is 10.1. The lowest BCUT2D eigenvalue weighted by Gasteiger charge is -2.45. The molecular weight excluding hydrogens is 202 g/mol. The second-order valence-electron chi connectivity index (χ2n) is 4.96. The lowest BCUT2D eigenvalue weighted by molar-refractivity contribution is 0.138. The summed E-state index contributed by atoms with van der Waals surface area (Å²) in [5.41, 5.74) is 5.84. The van der Waals surface area contributed by atoms with Crippen LogP contribution in [0, 0.1) is 0 Å². The number of piperazine rings is 1. The van der Waals surface area contributed by atoms with E-state index in [0.717, 1.165) is 25.5 Å². The first-order valence-electron chi connectivity index (χ1n) is 5.53. The number of hydrogen-bond donors (Lipinski definition) is 1. The molecular formula is C11H19N5. The number of nitrogen functional groups attached to an aromatic ring is 1. The Balaban J connectivity index is 2.18. The summed E-state index contributed by atoms with van der Waals surface area (Å²) in [5, 5.41) is 0. The molecule has 1 aromatic rings. The van der Waals surface area contributed by atoms with Crippen molar-refractivity contribution in [3.8, 4) is 0 Å². The van der Waals surface area contributed by atoms with Crippen LogP contribution in [0.4, 0.5) is 11.6 Å². The largest absolute Gasteiger partial charge is 0.384 e. The molecule has 0 radical (unpaired) electrons. The van der Waals surface area contributed by atoms with E-state index in [0.29, 0.717) is 5.82 Å². The smallest absolute Gasteiger partial charge is 0.134 e. The van der Waals surface area contributed by atoms with Crippen molar-refractivity contribution >= 4 is 11.6 Å². The Labute approximate surface area is 96.3 Å². The van der Waals surface area contributed by atoms with E-state index in [-0.39, 0.29) is 5.54 Å². The molecule has 0 saturated carbocycles. The van der Waals surface area contributed by atoms with Gasteiger partial charge >= 0.3 is 0 Å². The molecule has 1 aromatic heterocycles. The Hall–Kier alpha value is -1.36. The molecule has 0 aromatic carbocycles. The summed E-state index contributed by atoms with van der Waals surface area (Å²) < 4.78 is 0. The van der Waals surface area contributed by atoms with Crippen LogP contribution >= 0.6 is 0 Å². The zero-order chi connectivity index (χ0) is 11.8. The highest BCUT2D eigenvalue weighted by molar-refractivity contribution is 5.46. The van der Waals surface area contributed by atoms with Crippen molar-refractivity contribution in [2.24, 2.45) is 0 Å². The van der Waals surface area contributed by atoms with Gasteiger partial charge in [0, 0.05) is 31.2 Å². The maximum absolute atomic E-state index is 5.67. The van der Waals surface area contributed by atoms with E-state index in [1.54, 1.807) is 0 Å². The van der Waals surface area contributed by atoms with Gasteiger partial charge in [-0.3, -0.25) is 4.90 Å². The Kier molecular flexibility index (Phi) is 2.71. The number of aromatic nitrogens is 2. The summed E-state index contributed by atoms with van der Waals surface area (Å²) in [4.78, 5) is 12.8. The number of rotatable bonds is 1. The van der Waals surface area contributed by atoms with Gasteiger partial charge in [0.25, 0.3) is 0 Å². The molecule has 16 heavy (non-hydrogen) atoms. The quantitative estimate of drug-likeness (QED) is 0.752. The summed E-state index contributed by atoms with van der Waals surface area (Å²) >= 11 is 0. The first kappa shape index (κ1) is 11.1. The van der Waals surface area contributed by atoms with Gasteiger partial charge in [-0.1, -0.05) is 0 Å². The highest BCUT2D eigenvalue weighted by Crippen LogP contribution is 2.23. The maximum Gasteiger partial charge on any atom is 0.134 e. The third-order valence-corrected chi connectivity index (χ3v) is 3.31. The SMILES string of the molecule is CN1CCN(c2cc(N)ncn2)CC1(C)C. The average molecular weight is 221 g/mol. The van der Waals surface area contributed by atoms with Crippen LogP contribution in [0.2, 0.25) is 0 Å². The van der Waals surface area contributed by atoms with Crippen molar-refractivity contribution < 1.29 is 0 Å². The van der Waals surface area contributed by atoms with Gasteiger partial charge in [-0.15, -0.1) is 0 Å². The van der Waals surface area contributed by atoms with E-state index < -0.39 is 0 Å². The highest BCUT2D eigenvalue weighted by Gasteiger charge is 2.31. The standard InChI is InChI=1S/C11H19N5/c1-11(2)7-16(5-4-15(11)3)10-6-9(12)13-8-14-10/h6,8H,4-5,7H2,1-3H3,(H2,12,13,14). The molecule has 0 bridgehead atoms. The van der Waals surface area contributed by atoms with Crippen LogP contribution in [0.15, 0.2) is 12.4 Å². The van der Waals surface area contributed by atoms with Crippen LogP contribution in [0.25, 0.3) is 0 Å². The number of nitrogens with zero attached hydrogens (tertiary/aromatic N) is 4. The predicted octanol–water partition coefficient (Wildman–Crippen LogP) is 0.589. The minimum Gasteiger partial charge on any atom is -0.384 e. The molecule has 0 atom stereocenters. The average Bonchev–Trinajstić information content (AvgIpc) is 2.22. The van der Waals surface area contributed by atoms with Gasteiger partial charge < -0.3 is 10.6 Å². The fourth-order valence-corrected chi connectivity index (χ4v) is 1.97. The summed E-state index contributed by atoms with van der Waals surface area (Å²) in [6, 6.07) is 1.83. The lowest BCUT2D eigenvalue weighted by Crippen LogP contribution is -2.57. The molecule has 1 aliphatic rings. The number of hydrogen-bond acceptors (Lipinski definition) is 5. The highest BCUT2D eigenvalue weighted by atomic mass is 15.3. The first-order chi connectivity index (χ1) is 7.49. The topological polar surface area (TPSA) is 58.3 Å². The summed E-state index contributed by atoms with van der Waals surface area (Å²) in [5.74, 6) is 1.45. The van der Waals surface area contributed by atoms with Gasteiger partial charge in [0.1, 0.15) is 18.0 Å². The van der Waals surface area contributed by atoms with Crippen LogP contribution < -0.4 is 10.6 Å². The molecule has 1 aliphatic heterocycles. The Morgan fingerprint density at radius 1 is 1.31 bits per heavy atom. The van der Waals surface area contributed by atoms with Crippen molar-refractivity contribution in [1.29, 1.82) is 0 Å². The monoisotopic (exact) mass is 221 g/mol. The van der Waals surface area contributed by atoms with E-state index in [9.17, 15) is 0 Å². The molecule has 5 heteroatoms. The summed E-state index contributed by atoms with van der Waals surface area (Å²) in [6.45, 7) is 7.46. The van der Waals surface area contributed by atoms with Gasteiger partial charge in [-0.05, 0) is 20.9 Å². The van der Waals surface area contributed by atoms with Crippen molar-refractivity contribution in [1.82, 2.24) is 14.9 Å². The minimum absolute atomic E-state index is 0.165. The van der Waals surface area contributed by atoms with Crippen LogP contribution in [0.1, 0.15) is 13.8 Å². The molecule has 2 rings (SSSR count). The Morgan fingerprint density at radius 2 is 2.06 bits per heavy atom. The number of anilines is 2. The van der Waals surface area contributed by atoms with E-state index in [1.165, 1.54) is 6.33 Å². The van der Waals surface area contributed by atoms with Gasteiger partial charge in [0.2, 0.25) is 0 Å². The number of nitrogens with two attached hydrogens (primary N) is 1. The van der Waals surface area contributed by atoms with Gasteiger partial charge in [0.05, 0.1) is 0 Å². The van der Waals surface area contributed by atoms with Crippen molar-refractivity contribution in [2.75, 3.05) is 37.3 Å². The Morgan fingerprint density at radius 3 is 2.69 bits per heavy atom. The molecule has 0 amide bonds. The molecule has 0 unspecified atom stereocenters. The van der Waals surface area contributed by atoms with Crippen LogP contribution in [-0.2, 0) is 0 Å². The molecule has 88 valence electrons. The van der Waals surface area contributed by atoms with Crippen LogP contribution in [-0.4, -0.2) is 47.1 Å². The second-order valence-corrected chi connectivity index (χ2v) is 4.96. The fourth-order valence-electron chi connectivity index (χ4n) is 1.97.